The monoisotopic (exact) mass is 345 g/mol. The first kappa shape index (κ1) is 16.6. The SMILES string of the molecule is CCC(Sc1nc2c([nH]c3ccccc32)c(=O)n1CC)C(=O)OC. The predicted octanol–water partition coefficient (Wildman–Crippen LogP) is 2.94. The second-order valence-corrected chi connectivity index (χ2v) is 6.55. The molecule has 7 heteroatoms. The highest BCUT2D eigenvalue weighted by molar-refractivity contribution is 8.00. The minimum absolute atomic E-state index is 0.124. The Morgan fingerprint density at radius 1 is 1.38 bits per heavy atom. The number of esters is 1. The normalized spacial score (nSPS) is 12.6. The molecule has 126 valence electrons. The van der Waals surface area contributed by atoms with Gasteiger partial charge in [0.05, 0.1) is 7.11 Å². The summed E-state index contributed by atoms with van der Waals surface area (Å²) in [6, 6.07) is 7.68. The lowest BCUT2D eigenvalue weighted by atomic mass is 10.2. The predicted molar refractivity (Wildman–Crippen MR) is 95.5 cm³/mol. The molecular formula is C17H19N3O3S. The number of aromatic nitrogens is 3. The number of ether oxygens (including phenoxy) is 1. The summed E-state index contributed by atoms with van der Waals surface area (Å²) in [6.07, 6.45) is 0.600. The molecule has 24 heavy (non-hydrogen) atoms. The number of nitrogens with zero attached hydrogens (tertiary/aromatic N) is 2. The molecule has 0 spiro atoms. The van der Waals surface area contributed by atoms with Gasteiger partial charge in [0, 0.05) is 17.4 Å². The van der Waals surface area contributed by atoms with Crippen molar-refractivity contribution in [2.45, 2.75) is 37.2 Å². The second-order valence-electron chi connectivity index (χ2n) is 5.38. The van der Waals surface area contributed by atoms with Gasteiger partial charge in [-0.3, -0.25) is 14.2 Å². The summed E-state index contributed by atoms with van der Waals surface area (Å²) in [5.74, 6) is -0.307. The zero-order valence-corrected chi connectivity index (χ0v) is 14.6. The number of carbonyl (C=O) groups is 1. The van der Waals surface area contributed by atoms with Crippen LogP contribution in [0, 0.1) is 0 Å². The molecular weight excluding hydrogens is 326 g/mol. The first-order valence-corrected chi connectivity index (χ1v) is 8.74. The fourth-order valence-electron chi connectivity index (χ4n) is 2.70. The summed E-state index contributed by atoms with van der Waals surface area (Å²) in [4.78, 5) is 32.6. The first-order valence-electron chi connectivity index (χ1n) is 7.86. The molecule has 3 aromatic rings. The molecule has 0 aliphatic heterocycles. The number of aromatic amines is 1. The number of hydrogen-bond acceptors (Lipinski definition) is 5. The van der Waals surface area contributed by atoms with E-state index in [1.165, 1.54) is 18.9 Å². The van der Waals surface area contributed by atoms with E-state index in [0.29, 0.717) is 29.2 Å². The van der Waals surface area contributed by atoms with Crippen LogP contribution in [-0.2, 0) is 16.1 Å². The van der Waals surface area contributed by atoms with Gasteiger partial charge >= 0.3 is 5.97 Å². The molecule has 0 amide bonds. The third-order valence-electron chi connectivity index (χ3n) is 3.97. The van der Waals surface area contributed by atoms with E-state index in [4.69, 9.17) is 4.74 Å². The van der Waals surface area contributed by atoms with Crippen LogP contribution in [0.2, 0.25) is 0 Å². The third kappa shape index (κ3) is 2.69. The number of thioether (sulfide) groups is 1. The molecule has 6 nitrogen and oxygen atoms in total. The van der Waals surface area contributed by atoms with Gasteiger partial charge < -0.3 is 9.72 Å². The molecule has 1 aromatic carbocycles. The van der Waals surface area contributed by atoms with E-state index >= 15 is 0 Å². The number of para-hydroxylation sites is 1. The van der Waals surface area contributed by atoms with Gasteiger partial charge in [-0.15, -0.1) is 0 Å². The van der Waals surface area contributed by atoms with Crippen molar-refractivity contribution in [2.75, 3.05) is 7.11 Å². The minimum Gasteiger partial charge on any atom is -0.468 e. The number of fused-ring (bicyclic) bond motifs is 3. The Morgan fingerprint density at radius 3 is 2.79 bits per heavy atom. The Kier molecular flexibility index (Phi) is 4.62. The summed E-state index contributed by atoms with van der Waals surface area (Å²) >= 11 is 1.28. The number of methoxy groups -OCH3 is 1. The highest BCUT2D eigenvalue weighted by Gasteiger charge is 2.23. The third-order valence-corrected chi connectivity index (χ3v) is 5.31. The van der Waals surface area contributed by atoms with E-state index in [-0.39, 0.29) is 16.8 Å². The van der Waals surface area contributed by atoms with Gasteiger partial charge in [0.1, 0.15) is 16.3 Å². The number of hydrogen-bond donors (Lipinski definition) is 1. The Balaban J connectivity index is 2.21. The summed E-state index contributed by atoms with van der Waals surface area (Å²) in [5.41, 5.74) is 1.89. The van der Waals surface area contributed by atoms with Crippen molar-refractivity contribution >= 4 is 39.7 Å². The quantitative estimate of drug-likeness (QED) is 0.437. The van der Waals surface area contributed by atoms with Gasteiger partial charge in [0.25, 0.3) is 5.56 Å². The smallest absolute Gasteiger partial charge is 0.319 e. The fourth-order valence-corrected chi connectivity index (χ4v) is 3.80. The molecule has 0 bridgehead atoms. The highest BCUT2D eigenvalue weighted by Crippen LogP contribution is 2.28. The van der Waals surface area contributed by atoms with Crippen LogP contribution in [0.5, 0.6) is 0 Å². The number of nitrogens with one attached hydrogen (secondary N) is 1. The Morgan fingerprint density at radius 2 is 2.12 bits per heavy atom. The van der Waals surface area contributed by atoms with Crippen LogP contribution in [0.15, 0.2) is 34.2 Å². The van der Waals surface area contributed by atoms with Crippen molar-refractivity contribution in [1.82, 2.24) is 14.5 Å². The maximum absolute atomic E-state index is 12.8. The minimum atomic E-state index is -0.387. The standard InChI is InChI=1S/C17H19N3O3S/c1-4-12(16(22)23-3)24-17-19-13-10-8-6-7-9-11(10)18-14(13)15(21)20(17)5-2/h6-9,12,18H,4-5H2,1-3H3. The molecule has 0 fully saturated rings. The number of benzene rings is 1. The molecule has 2 aromatic heterocycles. The summed E-state index contributed by atoms with van der Waals surface area (Å²) in [5, 5.41) is 1.06. The maximum atomic E-state index is 12.8. The Bertz CT molecular complexity index is 961. The fraction of sp³-hybridized carbons (Fsp3) is 0.353. The molecule has 1 N–H and O–H groups in total. The van der Waals surface area contributed by atoms with Crippen LogP contribution in [0.4, 0.5) is 0 Å². The van der Waals surface area contributed by atoms with Crippen molar-refractivity contribution in [3.63, 3.8) is 0 Å². The largest absolute Gasteiger partial charge is 0.468 e. The molecule has 0 radical (unpaired) electrons. The van der Waals surface area contributed by atoms with Gasteiger partial charge in [-0.2, -0.15) is 0 Å². The van der Waals surface area contributed by atoms with Gasteiger partial charge in [-0.1, -0.05) is 36.9 Å². The molecule has 1 atom stereocenters. The average Bonchev–Trinajstić information content (AvgIpc) is 2.98. The molecule has 0 saturated heterocycles. The van der Waals surface area contributed by atoms with E-state index in [1.807, 2.05) is 38.1 Å². The number of carbonyl (C=O) groups excluding carboxylic acids is 1. The van der Waals surface area contributed by atoms with Crippen molar-refractivity contribution in [2.24, 2.45) is 0 Å². The van der Waals surface area contributed by atoms with Gasteiger partial charge in [-0.25, -0.2) is 4.98 Å². The van der Waals surface area contributed by atoms with E-state index < -0.39 is 0 Å². The van der Waals surface area contributed by atoms with E-state index in [0.717, 1.165) is 10.9 Å². The molecule has 2 heterocycles. The molecule has 0 aliphatic rings. The Labute approximate surface area is 143 Å². The molecule has 3 rings (SSSR count). The number of H-pyrrole nitrogens is 1. The van der Waals surface area contributed by atoms with E-state index in [1.54, 1.807) is 4.57 Å². The first-order chi connectivity index (χ1) is 11.6. The second kappa shape index (κ2) is 6.68. The van der Waals surface area contributed by atoms with E-state index in [2.05, 4.69) is 9.97 Å². The topological polar surface area (TPSA) is 77.0 Å². The van der Waals surface area contributed by atoms with Gasteiger partial charge in [0.15, 0.2) is 5.16 Å². The van der Waals surface area contributed by atoms with Crippen LogP contribution in [0.25, 0.3) is 21.9 Å². The zero-order chi connectivity index (χ0) is 17.3. The summed E-state index contributed by atoms with van der Waals surface area (Å²) in [6.45, 7) is 4.28. The lowest BCUT2D eigenvalue weighted by Crippen LogP contribution is -2.25. The highest BCUT2D eigenvalue weighted by atomic mass is 32.2. The van der Waals surface area contributed by atoms with Crippen molar-refractivity contribution in [3.8, 4) is 0 Å². The van der Waals surface area contributed by atoms with Crippen LogP contribution in [0.1, 0.15) is 20.3 Å². The van der Waals surface area contributed by atoms with Crippen LogP contribution < -0.4 is 5.56 Å². The van der Waals surface area contributed by atoms with Crippen LogP contribution in [0.3, 0.4) is 0 Å². The Hall–Kier alpha value is -2.28. The van der Waals surface area contributed by atoms with Crippen molar-refractivity contribution < 1.29 is 9.53 Å². The van der Waals surface area contributed by atoms with Gasteiger partial charge in [-0.05, 0) is 19.4 Å². The van der Waals surface area contributed by atoms with Crippen molar-refractivity contribution in [1.29, 1.82) is 0 Å². The van der Waals surface area contributed by atoms with Gasteiger partial charge in [0.2, 0.25) is 0 Å². The molecule has 0 saturated carbocycles. The van der Waals surface area contributed by atoms with Crippen LogP contribution in [-0.4, -0.2) is 32.9 Å². The summed E-state index contributed by atoms with van der Waals surface area (Å²) < 4.78 is 6.43. The van der Waals surface area contributed by atoms with E-state index in [9.17, 15) is 9.59 Å². The lowest BCUT2D eigenvalue weighted by molar-refractivity contribution is -0.140. The zero-order valence-electron chi connectivity index (χ0n) is 13.8. The molecule has 0 aliphatic carbocycles. The summed E-state index contributed by atoms with van der Waals surface area (Å²) in [7, 11) is 1.37. The van der Waals surface area contributed by atoms with Crippen LogP contribution >= 0.6 is 11.8 Å². The maximum Gasteiger partial charge on any atom is 0.319 e. The lowest BCUT2D eigenvalue weighted by Gasteiger charge is -2.14. The van der Waals surface area contributed by atoms with Crippen molar-refractivity contribution in [3.05, 3.63) is 34.6 Å². The average molecular weight is 345 g/mol. The molecule has 1 unspecified atom stereocenters. The number of rotatable bonds is 5.